The van der Waals surface area contributed by atoms with Gasteiger partial charge in [0.1, 0.15) is 12.1 Å². The zero-order valence-corrected chi connectivity index (χ0v) is 12.3. The summed E-state index contributed by atoms with van der Waals surface area (Å²) in [6, 6.07) is 0.665. The van der Waals surface area contributed by atoms with Crippen molar-refractivity contribution in [3.63, 3.8) is 0 Å². The van der Waals surface area contributed by atoms with E-state index in [1.165, 1.54) is 62.1 Å². The van der Waals surface area contributed by atoms with Crippen LogP contribution in [-0.2, 0) is 12.8 Å². The standard InChI is InChI=1S/C14H20BrN3/c15-8-7-11-4-1-2-9-18(11)14-12-5-3-6-13(12)16-10-17-14/h10-11H,1-9H2. The molecular weight excluding hydrogens is 290 g/mol. The highest BCUT2D eigenvalue weighted by Crippen LogP contribution is 2.32. The van der Waals surface area contributed by atoms with E-state index in [-0.39, 0.29) is 0 Å². The Morgan fingerprint density at radius 3 is 3.06 bits per heavy atom. The molecule has 2 aliphatic rings. The molecule has 98 valence electrons. The quantitative estimate of drug-likeness (QED) is 0.803. The summed E-state index contributed by atoms with van der Waals surface area (Å²) < 4.78 is 0. The molecule has 4 heteroatoms. The molecule has 0 aromatic carbocycles. The summed E-state index contributed by atoms with van der Waals surface area (Å²) in [5, 5.41) is 1.08. The monoisotopic (exact) mass is 309 g/mol. The maximum absolute atomic E-state index is 4.61. The summed E-state index contributed by atoms with van der Waals surface area (Å²) in [5.74, 6) is 1.24. The van der Waals surface area contributed by atoms with Crippen LogP contribution in [-0.4, -0.2) is 27.9 Å². The van der Waals surface area contributed by atoms with Gasteiger partial charge in [-0.25, -0.2) is 9.97 Å². The third-order valence-electron chi connectivity index (χ3n) is 4.19. The van der Waals surface area contributed by atoms with Gasteiger partial charge in [0.05, 0.1) is 0 Å². The van der Waals surface area contributed by atoms with Crippen LogP contribution in [0.2, 0.25) is 0 Å². The minimum atomic E-state index is 0.665. The fraction of sp³-hybridized carbons (Fsp3) is 0.714. The summed E-state index contributed by atoms with van der Waals surface area (Å²) in [7, 11) is 0. The molecule has 0 amide bonds. The van der Waals surface area contributed by atoms with Crippen molar-refractivity contribution in [3.05, 3.63) is 17.6 Å². The van der Waals surface area contributed by atoms with Gasteiger partial charge in [0, 0.05) is 29.2 Å². The van der Waals surface area contributed by atoms with E-state index in [4.69, 9.17) is 0 Å². The van der Waals surface area contributed by atoms with Gasteiger partial charge in [-0.05, 0) is 44.9 Å². The Hall–Kier alpha value is -0.640. The van der Waals surface area contributed by atoms with Crippen molar-refractivity contribution in [1.29, 1.82) is 0 Å². The first kappa shape index (κ1) is 12.4. The number of aryl methyl sites for hydroxylation is 1. The van der Waals surface area contributed by atoms with Crippen molar-refractivity contribution in [3.8, 4) is 0 Å². The molecule has 1 aliphatic carbocycles. The molecule has 0 bridgehead atoms. The van der Waals surface area contributed by atoms with Crippen molar-refractivity contribution in [1.82, 2.24) is 9.97 Å². The lowest BCUT2D eigenvalue weighted by molar-refractivity contribution is 0.448. The number of nitrogens with zero attached hydrogens (tertiary/aromatic N) is 3. The van der Waals surface area contributed by atoms with Crippen LogP contribution in [0.3, 0.4) is 0 Å². The zero-order chi connectivity index (χ0) is 12.4. The predicted octanol–water partition coefficient (Wildman–Crippen LogP) is 3.11. The summed E-state index contributed by atoms with van der Waals surface area (Å²) >= 11 is 3.59. The van der Waals surface area contributed by atoms with Gasteiger partial charge >= 0.3 is 0 Å². The molecule has 0 spiro atoms. The van der Waals surface area contributed by atoms with E-state index < -0.39 is 0 Å². The molecule has 0 saturated carbocycles. The molecule has 0 N–H and O–H groups in total. The summed E-state index contributed by atoms with van der Waals surface area (Å²) in [6.45, 7) is 1.17. The van der Waals surface area contributed by atoms with Gasteiger partial charge in [0.2, 0.25) is 0 Å². The van der Waals surface area contributed by atoms with Gasteiger partial charge < -0.3 is 4.90 Å². The Labute approximate surface area is 117 Å². The highest BCUT2D eigenvalue weighted by molar-refractivity contribution is 9.09. The molecular formula is C14H20BrN3. The maximum atomic E-state index is 4.61. The van der Waals surface area contributed by atoms with Crippen molar-refractivity contribution in [2.45, 2.75) is 51.0 Å². The Balaban J connectivity index is 1.90. The third-order valence-corrected chi connectivity index (χ3v) is 4.65. The second-order valence-corrected chi connectivity index (χ2v) is 6.09. The molecule has 1 aliphatic heterocycles. The third kappa shape index (κ3) is 2.27. The Morgan fingerprint density at radius 1 is 1.22 bits per heavy atom. The van der Waals surface area contributed by atoms with Crippen LogP contribution in [0.25, 0.3) is 0 Å². The second-order valence-electron chi connectivity index (χ2n) is 5.30. The minimum Gasteiger partial charge on any atom is -0.353 e. The molecule has 1 fully saturated rings. The first-order valence-electron chi connectivity index (χ1n) is 7.05. The number of hydrogen-bond donors (Lipinski definition) is 0. The average molecular weight is 310 g/mol. The summed E-state index contributed by atoms with van der Waals surface area (Å²) in [6.07, 6.45) is 10.5. The van der Waals surface area contributed by atoms with Gasteiger partial charge in [-0.2, -0.15) is 0 Å². The number of rotatable bonds is 3. The smallest absolute Gasteiger partial charge is 0.135 e. The minimum absolute atomic E-state index is 0.665. The largest absolute Gasteiger partial charge is 0.353 e. The molecule has 3 nitrogen and oxygen atoms in total. The van der Waals surface area contributed by atoms with E-state index in [1.54, 1.807) is 6.33 Å². The first-order chi connectivity index (χ1) is 8.90. The Bertz CT molecular complexity index is 420. The summed E-state index contributed by atoms with van der Waals surface area (Å²) in [5.41, 5.74) is 2.72. The molecule has 1 saturated heterocycles. The van der Waals surface area contributed by atoms with Crippen LogP contribution in [0, 0.1) is 0 Å². The topological polar surface area (TPSA) is 29.0 Å². The number of halogens is 1. The van der Waals surface area contributed by atoms with Gasteiger partial charge in [0.25, 0.3) is 0 Å². The van der Waals surface area contributed by atoms with Crippen LogP contribution in [0.15, 0.2) is 6.33 Å². The highest BCUT2D eigenvalue weighted by Gasteiger charge is 2.27. The lowest BCUT2D eigenvalue weighted by Crippen LogP contribution is -2.41. The first-order valence-corrected chi connectivity index (χ1v) is 8.17. The van der Waals surface area contributed by atoms with E-state index in [1.807, 2.05) is 0 Å². The maximum Gasteiger partial charge on any atom is 0.135 e. The Morgan fingerprint density at radius 2 is 2.17 bits per heavy atom. The van der Waals surface area contributed by atoms with Crippen molar-refractivity contribution in [2.24, 2.45) is 0 Å². The van der Waals surface area contributed by atoms with Crippen molar-refractivity contribution >= 4 is 21.7 Å². The summed E-state index contributed by atoms with van der Waals surface area (Å²) in [4.78, 5) is 11.6. The van der Waals surface area contributed by atoms with Crippen LogP contribution < -0.4 is 4.90 Å². The van der Waals surface area contributed by atoms with E-state index in [0.717, 1.165) is 11.8 Å². The van der Waals surface area contributed by atoms with Gasteiger partial charge in [-0.1, -0.05) is 15.9 Å². The molecule has 1 atom stereocenters. The van der Waals surface area contributed by atoms with Crippen LogP contribution in [0.4, 0.5) is 5.82 Å². The fourth-order valence-corrected chi connectivity index (χ4v) is 3.82. The van der Waals surface area contributed by atoms with E-state index in [0.29, 0.717) is 6.04 Å². The lowest BCUT2D eigenvalue weighted by atomic mass is 9.99. The molecule has 3 rings (SSSR count). The van der Waals surface area contributed by atoms with E-state index in [2.05, 4.69) is 30.8 Å². The number of hydrogen-bond acceptors (Lipinski definition) is 3. The number of piperidine rings is 1. The second kappa shape index (κ2) is 5.55. The number of alkyl halides is 1. The van der Waals surface area contributed by atoms with Gasteiger partial charge in [0.15, 0.2) is 0 Å². The zero-order valence-electron chi connectivity index (χ0n) is 10.7. The molecule has 1 aromatic heterocycles. The van der Waals surface area contributed by atoms with E-state index in [9.17, 15) is 0 Å². The lowest BCUT2D eigenvalue weighted by Gasteiger charge is -2.37. The predicted molar refractivity (Wildman–Crippen MR) is 77.5 cm³/mol. The van der Waals surface area contributed by atoms with Crippen molar-refractivity contribution in [2.75, 3.05) is 16.8 Å². The highest BCUT2D eigenvalue weighted by atomic mass is 79.9. The molecule has 0 radical (unpaired) electrons. The molecule has 1 unspecified atom stereocenters. The Kier molecular flexibility index (Phi) is 3.83. The SMILES string of the molecule is BrCCC1CCCCN1c1ncnc2c1CCC2. The number of anilines is 1. The van der Waals surface area contributed by atoms with Gasteiger partial charge in [-0.15, -0.1) is 0 Å². The molecule has 1 aromatic rings. The van der Waals surface area contributed by atoms with Crippen LogP contribution >= 0.6 is 15.9 Å². The van der Waals surface area contributed by atoms with Crippen LogP contribution in [0.5, 0.6) is 0 Å². The van der Waals surface area contributed by atoms with Crippen molar-refractivity contribution < 1.29 is 0 Å². The van der Waals surface area contributed by atoms with E-state index >= 15 is 0 Å². The normalized spacial score (nSPS) is 23.2. The fourth-order valence-electron chi connectivity index (χ4n) is 3.30. The molecule has 18 heavy (non-hydrogen) atoms. The number of aromatic nitrogens is 2. The average Bonchev–Trinajstić information content (AvgIpc) is 2.88. The van der Waals surface area contributed by atoms with Gasteiger partial charge in [-0.3, -0.25) is 0 Å². The van der Waals surface area contributed by atoms with Crippen LogP contribution in [0.1, 0.15) is 43.4 Å². The molecule has 2 heterocycles. The number of fused-ring (bicyclic) bond motifs is 1.